The van der Waals surface area contributed by atoms with E-state index in [1.165, 1.54) is 0 Å². The number of ether oxygens (including phenoxy) is 1. The van der Waals surface area contributed by atoms with Gasteiger partial charge >= 0.3 is 6.09 Å². The average Bonchev–Trinajstić information content (AvgIpc) is 2.53. The topological polar surface area (TPSA) is 54.1 Å². The van der Waals surface area contributed by atoms with Gasteiger partial charge in [-0.2, -0.15) is 0 Å². The summed E-state index contributed by atoms with van der Waals surface area (Å²) in [7, 11) is 0. The van der Waals surface area contributed by atoms with Crippen LogP contribution in [0.4, 0.5) is 4.79 Å². The molecule has 0 aliphatic heterocycles. The number of hydrogen-bond acceptors (Lipinski definition) is 2. The van der Waals surface area contributed by atoms with Gasteiger partial charge in [-0.25, -0.2) is 4.79 Å². The third kappa shape index (κ3) is 2.65. The second-order valence-corrected chi connectivity index (χ2v) is 2.29. The molecule has 0 atom stereocenters. The average molecular weight is 168 g/mol. The SMILES string of the molecule is CCOC(=O)NCc1cc[nH]c1. The van der Waals surface area contributed by atoms with Crippen molar-refractivity contribution in [2.75, 3.05) is 6.61 Å². The van der Waals surface area contributed by atoms with Crippen LogP contribution in [0.15, 0.2) is 18.5 Å². The summed E-state index contributed by atoms with van der Waals surface area (Å²) >= 11 is 0. The molecule has 0 aliphatic carbocycles. The predicted molar refractivity (Wildman–Crippen MR) is 44.7 cm³/mol. The molecule has 66 valence electrons. The molecule has 1 rings (SSSR count). The lowest BCUT2D eigenvalue weighted by Gasteiger charge is -2.02. The van der Waals surface area contributed by atoms with E-state index in [4.69, 9.17) is 0 Å². The van der Waals surface area contributed by atoms with E-state index in [-0.39, 0.29) is 6.09 Å². The highest BCUT2D eigenvalue weighted by Crippen LogP contribution is 1.94. The quantitative estimate of drug-likeness (QED) is 0.713. The number of carbonyl (C=O) groups excluding carboxylic acids is 1. The molecular formula is C8H12N2O2. The summed E-state index contributed by atoms with van der Waals surface area (Å²) in [5.74, 6) is 0. The molecule has 0 saturated heterocycles. The zero-order valence-corrected chi connectivity index (χ0v) is 6.96. The third-order valence-corrected chi connectivity index (χ3v) is 1.37. The Morgan fingerprint density at radius 3 is 3.17 bits per heavy atom. The fourth-order valence-corrected chi connectivity index (χ4v) is 0.825. The van der Waals surface area contributed by atoms with E-state index >= 15 is 0 Å². The number of amides is 1. The minimum absolute atomic E-state index is 0.376. The van der Waals surface area contributed by atoms with Crippen LogP contribution in [0.5, 0.6) is 0 Å². The second kappa shape index (κ2) is 4.43. The molecule has 4 nitrogen and oxygen atoms in total. The van der Waals surface area contributed by atoms with Gasteiger partial charge in [0.1, 0.15) is 0 Å². The summed E-state index contributed by atoms with van der Waals surface area (Å²) in [6.45, 7) is 2.68. The van der Waals surface area contributed by atoms with E-state index in [0.29, 0.717) is 13.2 Å². The highest BCUT2D eigenvalue weighted by molar-refractivity contribution is 5.67. The second-order valence-electron chi connectivity index (χ2n) is 2.29. The van der Waals surface area contributed by atoms with E-state index in [1.807, 2.05) is 18.5 Å². The van der Waals surface area contributed by atoms with Crippen molar-refractivity contribution in [3.8, 4) is 0 Å². The van der Waals surface area contributed by atoms with Crippen LogP contribution in [0.2, 0.25) is 0 Å². The molecule has 12 heavy (non-hydrogen) atoms. The van der Waals surface area contributed by atoms with Crippen molar-refractivity contribution in [3.63, 3.8) is 0 Å². The number of alkyl carbamates (subject to hydrolysis) is 1. The predicted octanol–water partition coefficient (Wildman–Crippen LogP) is 1.26. The zero-order chi connectivity index (χ0) is 8.81. The first-order chi connectivity index (χ1) is 5.83. The monoisotopic (exact) mass is 168 g/mol. The molecule has 2 N–H and O–H groups in total. The van der Waals surface area contributed by atoms with Crippen LogP contribution >= 0.6 is 0 Å². The maximum Gasteiger partial charge on any atom is 0.407 e. The fourth-order valence-electron chi connectivity index (χ4n) is 0.825. The number of hydrogen-bond donors (Lipinski definition) is 2. The van der Waals surface area contributed by atoms with Gasteiger partial charge in [0.25, 0.3) is 0 Å². The molecule has 0 spiro atoms. The molecule has 1 heterocycles. The molecule has 0 unspecified atom stereocenters. The summed E-state index contributed by atoms with van der Waals surface area (Å²) in [5, 5.41) is 2.60. The van der Waals surface area contributed by atoms with Crippen molar-refractivity contribution < 1.29 is 9.53 Å². The van der Waals surface area contributed by atoms with Gasteiger partial charge in [0.05, 0.1) is 6.61 Å². The van der Waals surface area contributed by atoms with Crippen LogP contribution in [-0.4, -0.2) is 17.7 Å². The Bertz CT molecular complexity index is 231. The first-order valence-electron chi connectivity index (χ1n) is 3.85. The van der Waals surface area contributed by atoms with Crippen LogP contribution < -0.4 is 5.32 Å². The van der Waals surface area contributed by atoms with Crippen LogP contribution in [-0.2, 0) is 11.3 Å². The summed E-state index contributed by atoms with van der Waals surface area (Å²) in [4.78, 5) is 13.7. The van der Waals surface area contributed by atoms with Crippen LogP contribution in [0.25, 0.3) is 0 Å². The van der Waals surface area contributed by atoms with E-state index in [9.17, 15) is 4.79 Å². The summed E-state index contributed by atoms with van der Waals surface area (Å²) in [6.07, 6.45) is 3.26. The van der Waals surface area contributed by atoms with Crippen molar-refractivity contribution in [1.82, 2.24) is 10.3 Å². The van der Waals surface area contributed by atoms with Gasteiger partial charge in [-0.15, -0.1) is 0 Å². The van der Waals surface area contributed by atoms with E-state index < -0.39 is 0 Å². The Kier molecular flexibility index (Phi) is 3.19. The zero-order valence-electron chi connectivity index (χ0n) is 6.96. The maximum atomic E-state index is 10.8. The molecule has 0 aromatic carbocycles. The Morgan fingerprint density at radius 1 is 1.75 bits per heavy atom. The molecule has 0 bridgehead atoms. The number of nitrogens with one attached hydrogen (secondary N) is 2. The largest absolute Gasteiger partial charge is 0.450 e. The minimum Gasteiger partial charge on any atom is -0.450 e. The lowest BCUT2D eigenvalue weighted by molar-refractivity contribution is 0.151. The van der Waals surface area contributed by atoms with E-state index in [1.54, 1.807) is 6.92 Å². The van der Waals surface area contributed by atoms with Crippen molar-refractivity contribution >= 4 is 6.09 Å². The fraction of sp³-hybridized carbons (Fsp3) is 0.375. The van der Waals surface area contributed by atoms with Gasteiger partial charge in [0, 0.05) is 18.9 Å². The lowest BCUT2D eigenvalue weighted by atomic mass is 10.3. The highest BCUT2D eigenvalue weighted by Gasteiger charge is 1.99. The number of carbonyl (C=O) groups is 1. The van der Waals surface area contributed by atoms with E-state index in [2.05, 4.69) is 15.0 Å². The standard InChI is InChI=1S/C8H12N2O2/c1-2-12-8(11)10-6-7-3-4-9-5-7/h3-5,9H,2,6H2,1H3,(H,10,11). The molecule has 1 aromatic rings. The minimum atomic E-state index is -0.376. The first kappa shape index (κ1) is 8.64. The molecule has 4 heteroatoms. The number of rotatable bonds is 3. The molecule has 0 fully saturated rings. The Labute approximate surface area is 70.9 Å². The number of aromatic amines is 1. The van der Waals surface area contributed by atoms with Crippen LogP contribution in [0, 0.1) is 0 Å². The lowest BCUT2D eigenvalue weighted by Crippen LogP contribution is -2.23. The first-order valence-corrected chi connectivity index (χ1v) is 3.85. The molecule has 1 amide bonds. The summed E-state index contributed by atoms with van der Waals surface area (Å²) in [6, 6.07) is 1.90. The van der Waals surface area contributed by atoms with Gasteiger partial charge in [-0.3, -0.25) is 0 Å². The Morgan fingerprint density at radius 2 is 2.58 bits per heavy atom. The number of aromatic nitrogens is 1. The molecule has 0 radical (unpaired) electrons. The van der Waals surface area contributed by atoms with Gasteiger partial charge in [0.2, 0.25) is 0 Å². The van der Waals surface area contributed by atoms with Crippen LogP contribution in [0.1, 0.15) is 12.5 Å². The third-order valence-electron chi connectivity index (χ3n) is 1.37. The van der Waals surface area contributed by atoms with Crippen molar-refractivity contribution in [2.45, 2.75) is 13.5 Å². The van der Waals surface area contributed by atoms with Gasteiger partial charge < -0.3 is 15.0 Å². The van der Waals surface area contributed by atoms with Gasteiger partial charge in [-0.1, -0.05) is 0 Å². The van der Waals surface area contributed by atoms with Crippen molar-refractivity contribution in [2.24, 2.45) is 0 Å². The number of H-pyrrole nitrogens is 1. The van der Waals surface area contributed by atoms with Gasteiger partial charge in [0.15, 0.2) is 0 Å². The van der Waals surface area contributed by atoms with Crippen molar-refractivity contribution in [1.29, 1.82) is 0 Å². The smallest absolute Gasteiger partial charge is 0.407 e. The highest BCUT2D eigenvalue weighted by atomic mass is 16.5. The normalized spacial score (nSPS) is 9.42. The molecular weight excluding hydrogens is 156 g/mol. The maximum absolute atomic E-state index is 10.8. The summed E-state index contributed by atoms with van der Waals surface area (Å²) < 4.78 is 4.68. The Hall–Kier alpha value is -1.45. The van der Waals surface area contributed by atoms with Gasteiger partial charge in [-0.05, 0) is 18.6 Å². The molecule has 1 aromatic heterocycles. The van der Waals surface area contributed by atoms with Crippen molar-refractivity contribution in [3.05, 3.63) is 24.0 Å². The molecule has 0 aliphatic rings. The van der Waals surface area contributed by atoms with Crippen LogP contribution in [0.3, 0.4) is 0 Å². The summed E-state index contributed by atoms with van der Waals surface area (Å²) in [5.41, 5.74) is 1.03. The van der Waals surface area contributed by atoms with E-state index in [0.717, 1.165) is 5.56 Å². The molecule has 0 saturated carbocycles. The Balaban J connectivity index is 2.22.